The van der Waals surface area contributed by atoms with Crippen molar-refractivity contribution in [3.8, 4) is 11.8 Å². The molecule has 1 aliphatic rings. The summed E-state index contributed by atoms with van der Waals surface area (Å²) >= 11 is 0. The van der Waals surface area contributed by atoms with E-state index >= 15 is 0 Å². The number of hydrogen-bond donors (Lipinski definition) is 1. The van der Waals surface area contributed by atoms with Crippen molar-refractivity contribution in [3.63, 3.8) is 0 Å². The Hall–Kier alpha value is -2.92. The number of ether oxygens (including phenoxy) is 1. The molecule has 3 heterocycles. The van der Waals surface area contributed by atoms with E-state index in [1.807, 2.05) is 16.8 Å². The van der Waals surface area contributed by atoms with Crippen LogP contribution in [0.15, 0.2) is 24.7 Å². The number of nitriles is 1. The molecule has 8 heteroatoms. The van der Waals surface area contributed by atoms with Crippen molar-refractivity contribution >= 4 is 16.6 Å². The molecule has 0 aliphatic carbocycles. The van der Waals surface area contributed by atoms with Crippen LogP contribution in [0.4, 0.5) is 5.69 Å². The van der Waals surface area contributed by atoms with Crippen molar-refractivity contribution in [2.75, 3.05) is 12.3 Å². The molecule has 4 rings (SSSR count). The van der Waals surface area contributed by atoms with E-state index in [0.29, 0.717) is 5.69 Å². The predicted molar refractivity (Wildman–Crippen MR) is 82.6 cm³/mol. The first-order valence-corrected chi connectivity index (χ1v) is 7.47. The third kappa shape index (κ3) is 2.22. The number of rotatable bonds is 2. The number of benzene rings is 1. The van der Waals surface area contributed by atoms with Crippen LogP contribution in [0.1, 0.15) is 31.3 Å². The van der Waals surface area contributed by atoms with Gasteiger partial charge in [-0.25, -0.2) is 4.68 Å². The Bertz CT molecular complexity index is 898. The van der Waals surface area contributed by atoms with Crippen molar-refractivity contribution in [1.29, 1.82) is 5.26 Å². The molecule has 0 spiro atoms. The van der Waals surface area contributed by atoms with Crippen LogP contribution in [0, 0.1) is 11.3 Å². The normalized spacial score (nSPS) is 18.1. The molecule has 0 amide bonds. The Balaban J connectivity index is 1.87. The fraction of sp³-hybridized carbons (Fsp3) is 0.333. The van der Waals surface area contributed by atoms with Crippen LogP contribution >= 0.6 is 0 Å². The first-order chi connectivity index (χ1) is 11.3. The molecule has 1 saturated heterocycles. The minimum Gasteiger partial charge on any atom is -0.398 e. The standard InChI is InChI=1S/C15H15N7O/c16-7-14-20-18-9-21(14)10-5-12(17)11-8-19-22(13(11)6-10)15-3-1-2-4-23-15/h5-6,8-9,15H,1-4,17H2. The van der Waals surface area contributed by atoms with Crippen LogP contribution in [0.25, 0.3) is 16.6 Å². The van der Waals surface area contributed by atoms with Gasteiger partial charge < -0.3 is 10.5 Å². The highest BCUT2D eigenvalue weighted by Gasteiger charge is 2.20. The maximum atomic E-state index is 9.13. The lowest BCUT2D eigenvalue weighted by molar-refractivity contribution is -0.0366. The van der Waals surface area contributed by atoms with Gasteiger partial charge in [0.15, 0.2) is 6.23 Å². The zero-order valence-corrected chi connectivity index (χ0v) is 12.4. The second kappa shape index (κ2) is 5.37. The van der Waals surface area contributed by atoms with E-state index in [9.17, 15) is 0 Å². The van der Waals surface area contributed by atoms with Crippen molar-refractivity contribution in [2.24, 2.45) is 0 Å². The number of aromatic nitrogens is 5. The molecule has 23 heavy (non-hydrogen) atoms. The fourth-order valence-corrected chi connectivity index (χ4v) is 2.94. The third-order valence-electron chi connectivity index (χ3n) is 4.09. The summed E-state index contributed by atoms with van der Waals surface area (Å²) in [6.45, 7) is 0.741. The number of anilines is 1. The first-order valence-electron chi connectivity index (χ1n) is 7.47. The minimum absolute atomic E-state index is 0.0766. The SMILES string of the molecule is N#Cc1nncn1-c1cc(N)c2cnn(C3CCCCO3)c2c1. The average Bonchev–Trinajstić information content (AvgIpc) is 3.22. The van der Waals surface area contributed by atoms with E-state index in [1.165, 1.54) is 6.33 Å². The molecule has 116 valence electrons. The van der Waals surface area contributed by atoms with Crippen LogP contribution in [0.3, 0.4) is 0 Å². The van der Waals surface area contributed by atoms with Gasteiger partial charge in [0.25, 0.3) is 0 Å². The summed E-state index contributed by atoms with van der Waals surface area (Å²) in [6, 6.07) is 5.74. The summed E-state index contributed by atoms with van der Waals surface area (Å²) < 4.78 is 9.29. The number of fused-ring (bicyclic) bond motifs is 1. The van der Waals surface area contributed by atoms with Crippen LogP contribution in [0.2, 0.25) is 0 Å². The first kappa shape index (κ1) is 13.7. The van der Waals surface area contributed by atoms with Crippen LogP contribution < -0.4 is 5.73 Å². The van der Waals surface area contributed by atoms with Crippen molar-refractivity contribution in [2.45, 2.75) is 25.5 Å². The zero-order valence-electron chi connectivity index (χ0n) is 12.4. The van der Waals surface area contributed by atoms with Crippen molar-refractivity contribution < 1.29 is 4.74 Å². The molecule has 1 fully saturated rings. The number of hydrogen-bond acceptors (Lipinski definition) is 6. The van der Waals surface area contributed by atoms with Gasteiger partial charge in [0, 0.05) is 17.7 Å². The maximum Gasteiger partial charge on any atom is 0.239 e. The Kier molecular flexibility index (Phi) is 3.20. The number of nitrogen functional groups attached to an aromatic ring is 1. The molecular formula is C15H15N7O. The van der Waals surface area contributed by atoms with Gasteiger partial charge in [0.05, 0.1) is 17.4 Å². The van der Waals surface area contributed by atoms with E-state index in [0.717, 1.165) is 42.5 Å². The highest BCUT2D eigenvalue weighted by Crippen LogP contribution is 2.30. The Morgan fingerprint density at radius 3 is 3.04 bits per heavy atom. The summed E-state index contributed by atoms with van der Waals surface area (Å²) in [7, 11) is 0. The average molecular weight is 309 g/mol. The zero-order chi connectivity index (χ0) is 15.8. The Labute approximate surface area is 132 Å². The second-order valence-electron chi connectivity index (χ2n) is 5.51. The molecule has 3 aromatic rings. The van der Waals surface area contributed by atoms with Gasteiger partial charge in [-0.1, -0.05) is 0 Å². The molecule has 1 atom stereocenters. The number of nitrogens with two attached hydrogens (primary N) is 1. The Morgan fingerprint density at radius 1 is 1.35 bits per heavy atom. The molecule has 8 nitrogen and oxygen atoms in total. The van der Waals surface area contributed by atoms with Crippen molar-refractivity contribution in [1.82, 2.24) is 24.5 Å². The van der Waals surface area contributed by atoms with Gasteiger partial charge in [-0.2, -0.15) is 10.4 Å². The van der Waals surface area contributed by atoms with Gasteiger partial charge in [-0.3, -0.25) is 4.57 Å². The quantitative estimate of drug-likeness (QED) is 0.723. The third-order valence-corrected chi connectivity index (χ3v) is 4.09. The molecule has 2 aromatic heterocycles. The van der Waals surface area contributed by atoms with E-state index < -0.39 is 0 Å². The predicted octanol–water partition coefficient (Wildman–Crippen LogP) is 1.77. The summed E-state index contributed by atoms with van der Waals surface area (Å²) in [6.07, 6.45) is 6.30. The van der Waals surface area contributed by atoms with Crippen LogP contribution in [-0.2, 0) is 4.74 Å². The summed E-state index contributed by atoms with van der Waals surface area (Å²) in [5.41, 5.74) is 8.37. The molecule has 1 unspecified atom stereocenters. The van der Waals surface area contributed by atoms with Crippen molar-refractivity contribution in [3.05, 3.63) is 30.5 Å². The van der Waals surface area contributed by atoms with Gasteiger partial charge in [-0.05, 0) is 31.4 Å². The minimum atomic E-state index is -0.0766. The van der Waals surface area contributed by atoms with E-state index in [2.05, 4.69) is 15.3 Å². The highest BCUT2D eigenvalue weighted by molar-refractivity contribution is 5.92. The molecule has 0 bridgehead atoms. The fourth-order valence-electron chi connectivity index (χ4n) is 2.94. The molecule has 2 N–H and O–H groups in total. The molecule has 0 saturated carbocycles. The topological polar surface area (TPSA) is 108 Å². The second-order valence-corrected chi connectivity index (χ2v) is 5.51. The monoisotopic (exact) mass is 309 g/mol. The lowest BCUT2D eigenvalue weighted by atomic mass is 10.1. The summed E-state index contributed by atoms with van der Waals surface area (Å²) in [5, 5.41) is 22.0. The lowest BCUT2D eigenvalue weighted by Crippen LogP contribution is -2.19. The summed E-state index contributed by atoms with van der Waals surface area (Å²) in [4.78, 5) is 0. The number of nitrogens with zero attached hydrogens (tertiary/aromatic N) is 6. The van der Waals surface area contributed by atoms with Crippen LogP contribution in [-0.4, -0.2) is 31.2 Å². The molecular weight excluding hydrogens is 294 g/mol. The van der Waals surface area contributed by atoms with Gasteiger partial charge in [-0.15, -0.1) is 10.2 Å². The molecule has 1 aromatic carbocycles. The van der Waals surface area contributed by atoms with Gasteiger partial charge in [0.1, 0.15) is 12.4 Å². The lowest BCUT2D eigenvalue weighted by Gasteiger charge is -2.23. The van der Waals surface area contributed by atoms with E-state index in [1.54, 1.807) is 16.8 Å². The highest BCUT2D eigenvalue weighted by atomic mass is 16.5. The molecule has 1 aliphatic heterocycles. The maximum absolute atomic E-state index is 9.13. The van der Waals surface area contributed by atoms with Crippen LogP contribution in [0.5, 0.6) is 0 Å². The smallest absolute Gasteiger partial charge is 0.239 e. The van der Waals surface area contributed by atoms with Gasteiger partial charge in [0.2, 0.25) is 5.82 Å². The van der Waals surface area contributed by atoms with E-state index in [4.69, 9.17) is 15.7 Å². The molecule has 0 radical (unpaired) electrons. The Morgan fingerprint density at radius 2 is 2.26 bits per heavy atom. The summed E-state index contributed by atoms with van der Waals surface area (Å²) in [5.74, 6) is 0.212. The van der Waals surface area contributed by atoms with E-state index in [-0.39, 0.29) is 12.1 Å². The van der Waals surface area contributed by atoms with Gasteiger partial charge >= 0.3 is 0 Å². The largest absolute Gasteiger partial charge is 0.398 e.